The molecular weight excluding hydrogens is 677 g/mol. The van der Waals surface area contributed by atoms with Gasteiger partial charge in [0.25, 0.3) is 8.32 Å². The lowest BCUT2D eigenvalue weighted by Crippen LogP contribution is -2.66. The summed E-state index contributed by atoms with van der Waals surface area (Å²) in [5, 5.41) is 23.6. The van der Waals surface area contributed by atoms with Crippen LogP contribution in [0.5, 0.6) is 5.75 Å². The largest absolute Gasteiger partial charge is 0.508 e. The molecule has 2 amide bonds. The number of hydrogen-bond acceptors (Lipinski definition) is 6. The molecule has 3 aromatic carbocycles. The zero-order chi connectivity index (χ0) is 36.5. The predicted octanol–water partition coefficient (Wildman–Crippen LogP) is 7.01. The van der Waals surface area contributed by atoms with Crippen molar-refractivity contribution in [1.29, 1.82) is 0 Å². The molecule has 3 aliphatic rings. The van der Waals surface area contributed by atoms with Gasteiger partial charge in [0.2, 0.25) is 11.8 Å². The number of allylic oxidation sites excluding steroid dienone is 1. The molecular formula is C41H49BClNO6Si. The number of benzene rings is 3. The summed E-state index contributed by atoms with van der Waals surface area (Å²) < 4.78 is 13.8. The maximum absolute atomic E-state index is 13.7. The van der Waals surface area contributed by atoms with Gasteiger partial charge in [0.1, 0.15) is 5.75 Å². The zero-order valence-electron chi connectivity index (χ0n) is 30.3. The van der Waals surface area contributed by atoms with Gasteiger partial charge in [-0.25, -0.2) is 0 Å². The highest BCUT2D eigenvalue weighted by Gasteiger charge is 2.57. The maximum atomic E-state index is 13.7. The van der Waals surface area contributed by atoms with E-state index in [0.29, 0.717) is 30.9 Å². The number of fused-ring (bicyclic) bond motifs is 3. The van der Waals surface area contributed by atoms with E-state index in [1.54, 1.807) is 19.2 Å². The average molecular weight is 726 g/mol. The van der Waals surface area contributed by atoms with Gasteiger partial charge in [0.15, 0.2) is 0 Å². The van der Waals surface area contributed by atoms with Crippen LogP contribution in [-0.2, 0) is 18.7 Å². The van der Waals surface area contributed by atoms with Gasteiger partial charge >= 0.3 is 7.12 Å². The number of aromatic hydroxyl groups is 1. The molecule has 0 spiro atoms. The molecule has 7 nitrogen and oxygen atoms in total. The topological polar surface area (TPSA) is 96.3 Å². The summed E-state index contributed by atoms with van der Waals surface area (Å²) in [5.41, 5.74) is 4.02. The Morgan fingerprint density at radius 3 is 2.24 bits per heavy atom. The molecule has 2 saturated heterocycles. The van der Waals surface area contributed by atoms with E-state index < -0.39 is 33.4 Å². The number of amides is 2. The van der Waals surface area contributed by atoms with Gasteiger partial charge < -0.3 is 19.2 Å². The Morgan fingerprint density at radius 1 is 1.00 bits per heavy atom. The second-order valence-electron chi connectivity index (χ2n) is 15.3. The van der Waals surface area contributed by atoms with E-state index in [-0.39, 0.29) is 34.8 Å². The highest BCUT2D eigenvalue weighted by atomic mass is 35.5. The Bertz CT molecular complexity index is 1770. The smallest absolute Gasteiger partial charge is 0.455 e. The van der Waals surface area contributed by atoms with Crippen LogP contribution in [0.1, 0.15) is 65.4 Å². The summed E-state index contributed by atoms with van der Waals surface area (Å²) >= 11 is 6.49. The number of phenols is 1. The molecule has 1 aliphatic carbocycles. The lowest BCUT2D eigenvalue weighted by molar-refractivity contribution is -0.138. The van der Waals surface area contributed by atoms with Gasteiger partial charge in [-0.2, -0.15) is 0 Å². The van der Waals surface area contributed by atoms with E-state index in [1.165, 1.54) is 20.8 Å². The Kier molecular flexibility index (Phi) is 11.2. The molecule has 51 heavy (non-hydrogen) atoms. The van der Waals surface area contributed by atoms with Crippen LogP contribution in [0.4, 0.5) is 0 Å². The molecule has 2 heterocycles. The zero-order valence-corrected chi connectivity index (χ0v) is 32.0. The first-order valence-electron chi connectivity index (χ1n) is 18.2. The molecule has 4 atom stereocenters. The van der Waals surface area contributed by atoms with Crippen molar-refractivity contribution >= 4 is 55.3 Å². The molecule has 2 fully saturated rings. The fourth-order valence-corrected chi connectivity index (χ4v) is 13.5. The lowest BCUT2D eigenvalue weighted by atomic mass is 9.58. The van der Waals surface area contributed by atoms with E-state index in [9.17, 15) is 19.7 Å². The number of halogens is 1. The number of hydrogen-bond donors (Lipinski definition) is 2. The SMILES string of the molecule is CCC/C(=C\c1ccc(O)cc1Cl)CC[C@H]1OB(O)C[C@H]2C1=C(CO[Si](c1ccccc1)(c1ccccc1)C(C)(C)C)C[C@H]1C(=O)N(C)C(=O)[C@H]12. The number of carbonyl (C=O) groups excluding carboxylic acids is 2. The van der Waals surface area contributed by atoms with E-state index >= 15 is 0 Å². The Hall–Kier alpha value is -3.47. The maximum Gasteiger partial charge on any atom is 0.455 e. The van der Waals surface area contributed by atoms with Crippen LogP contribution in [-0.4, -0.2) is 62.0 Å². The van der Waals surface area contributed by atoms with Gasteiger partial charge in [0, 0.05) is 7.05 Å². The monoisotopic (exact) mass is 725 g/mol. The quantitative estimate of drug-likeness (QED) is 0.126. The second-order valence-corrected chi connectivity index (χ2v) is 20.0. The van der Waals surface area contributed by atoms with Crippen LogP contribution in [0.25, 0.3) is 6.08 Å². The van der Waals surface area contributed by atoms with E-state index in [0.717, 1.165) is 29.6 Å². The minimum absolute atomic E-state index is 0.116. The number of rotatable bonds is 11. The molecule has 2 aliphatic heterocycles. The predicted molar refractivity (Wildman–Crippen MR) is 206 cm³/mol. The van der Waals surface area contributed by atoms with Gasteiger partial charge in [-0.3, -0.25) is 14.5 Å². The van der Waals surface area contributed by atoms with Crippen molar-refractivity contribution < 1.29 is 28.8 Å². The molecule has 0 unspecified atom stereocenters. The van der Waals surface area contributed by atoms with Gasteiger partial charge in [-0.05, 0) is 88.2 Å². The Balaban J connectivity index is 1.42. The summed E-state index contributed by atoms with van der Waals surface area (Å²) in [7, 11) is -2.41. The summed E-state index contributed by atoms with van der Waals surface area (Å²) in [6.07, 6.45) is 5.34. The van der Waals surface area contributed by atoms with Crippen molar-refractivity contribution in [1.82, 2.24) is 4.90 Å². The lowest BCUT2D eigenvalue weighted by Gasteiger charge is -2.46. The molecule has 3 aromatic rings. The van der Waals surface area contributed by atoms with E-state index in [1.807, 2.05) is 18.2 Å². The first kappa shape index (κ1) is 37.3. The summed E-state index contributed by atoms with van der Waals surface area (Å²) in [5.74, 6) is -1.58. The van der Waals surface area contributed by atoms with Gasteiger partial charge in [0.05, 0.1) is 29.6 Å². The van der Waals surface area contributed by atoms with Crippen LogP contribution >= 0.6 is 11.6 Å². The molecule has 268 valence electrons. The third kappa shape index (κ3) is 7.29. The average Bonchev–Trinajstić information content (AvgIpc) is 3.32. The molecule has 0 aromatic heterocycles. The molecule has 0 bridgehead atoms. The number of likely N-dealkylation sites (tertiary alicyclic amines) is 1. The first-order valence-corrected chi connectivity index (χ1v) is 20.4. The third-order valence-electron chi connectivity index (χ3n) is 11.1. The normalized spacial score (nSPS) is 22.8. The van der Waals surface area contributed by atoms with Crippen LogP contribution in [0.15, 0.2) is 95.6 Å². The van der Waals surface area contributed by atoms with E-state index in [4.69, 9.17) is 20.7 Å². The first-order chi connectivity index (χ1) is 24.4. The summed E-state index contributed by atoms with van der Waals surface area (Å²) in [4.78, 5) is 28.5. The van der Waals surface area contributed by atoms with Crippen LogP contribution in [0, 0.1) is 17.8 Å². The Morgan fingerprint density at radius 2 is 1.65 bits per heavy atom. The summed E-state index contributed by atoms with van der Waals surface area (Å²) in [6.45, 7) is 9.16. The number of imide groups is 1. The van der Waals surface area contributed by atoms with Crippen LogP contribution in [0.2, 0.25) is 16.4 Å². The van der Waals surface area contributed by atoms with E-state index in [2.05, 4.69) is 82.3 Å². The number of phenolic OH excluding ortho intramolecular Hbond substituents is 1. The minimum atomic E-state index is -2.93. The van der Waals surface area contributed by atoms with Crippen molar-refractivity contribution in [2.75, 3.05) is 13.7 Å². The van der Waals surface area contributed by atoms with Crippen molar-refractivity contribution in [3.63, 3.8) is 0 Å². The fourth-order valence-electron chi connectivity index (χ4n) is 8.77. The standard InChI is InChI=1S/C41H49BClNO6Si/c1-6-13-27(22-28-19-20-30(45)24-35(28)43)18-21-36-37-29(23-33-38(34(37)25-42(48)50-36)40(47)44(5)39(33)46)26-49-51(41(2,3)4,31-14-9-7-10-15-31)32-16-11-8-12-17-32/h7-12,14-17,19-20,22,24,33-34,36,38,45,48H,6,13,18,21,23,25-26H2,1-5H3/b27-22+/t33-,34+,36-,38-/m1/s1. The van der Waals surface area contributed by atoms with Crippen molar-refractivity contribution in [3.05, 3.63) is 106 Å². The fraction of sp³-hybridized carbons (Fsp3) is 0.415. The number of nitrogens with zero attached hydrogens (tertiary/aromatic N) is 1. The molecule has 0 saturated carbocycles. The van der Waals surface area contributed by atoms with Crippen LogP contribution < -0.4 is 10.4 Å². The molecule has 10 heteroatoms. The van der Waals surface area contributed by atoms with Gasteiger partial charge in [-0.15, -0.1) is 0 Å². The highest BCUT2D eigenvalue weighted by molar-refractivity contribution is 6.99. The minimum Gasteiger partial charge on any atom is -0.508 e. The van der Waals surface area contributed by atoms with Crippen molar-refractivity contribution in [2.24, 2.45) is 17.8 Å². The molecule has 0 radical (unpaired) electrons. The van der Waals surface area contributed by atoms with Crippen molar-refractivity contribution in [2.45, 2.75) is 77.3 Å². The Labute approximate surface area is 308 Å². The molecule has 2 N–H and O–H groups in total. The second kappa shape index (κ2) is 15.3. The molecule has 6 rings (SSSR count). The van der Waals surface area contributed by atoms with Crippen LogP contribution in [0.3, 0.4) is 0 Å². The van der Waals surface area contributed by atoms with Gasteiger partial charge in [-0.1, -0.05) is 118 Å². The third-order valence-corrected chi connectivity index (χ3v) is 16.4. The highest BCUT2D eigenvalue weighted by Crippen LogP contribution is 2.51. The number of carbonyl (C=O) groups is 2. The van der Waals surface area contributed by atoms with Crippen molar-refractivity contribution in [3.8, 4) is 5.75 Å². The summed E-state index contributed by atoms with van der Waals surface area (Å²) in [6, 6.07) is 26.0.